The number of benzene rings is 1. The topological polar surface area (TPSA) is 72.9 Å². The molecule has 3 heterocycles. The van der Waals surface area contributed by atoms with Crippen LogP contribution in [-0.2, 0) is 19.1 Å². The lowest BCUT2D eigenvalue weighted by Gasteiger charge is -2.25. The first-order valence-electron chi connectivity index (χ1n) is 7.82. The number of carbonyl (C=O) groups is 3. The molecule has 3 aliphatic rings. The van der Waals surface area contributed by atoms with E-state index in [9.17, 15) is 14.4 Å². The predicted octanol–water partition coefficient (Wildman–Crippen LogP) is 1.83. The summed E-state index contributed by atoms with van der Waals surface area (Å²) in [7, 11) is 0. The molecule has 0 unspecified atom stereocenters. The van der Waals surface area contributed by atoms with E-state index in [0.29, 0.717) is 11.4 Å². The summed E-state index contributed by atoms with van der Waals surface area (Å²) in [6, 6.07) is 6.44. The summed E-state index contributed by atoms with van der Waals surface area (Å²) in [6.45, 7) is 4.97. The monoisotopic (exact) mass is 327 g/mol. The predicted molar refractivity (Wildman–Crippen MR) is 84.3 cm³/mol. The lowest BCUT2D eigenvalue weighted by Crippen LogP contribution is -2.39. The number of nitrogens with zero attached hydrogens (tertiary/aromatic N) is 1. The lowest BCUT2D eigenvalue weighted by atomic mass is 9.73. The molecule has 0 radical (unpaired) electrons. The zero-order valence-electron chi connectivity index (χ0n) is 13.6. The number of imide groups is 1. The number of ether oxygens (including phenoxy) is 2. The van der Waals surface area contributed by atoms with Crippen LogP contribution in [-0.4, -0.2) is 29.0 Å². The minimum atomic E-state index is -0.756. The second kappa shape index (κ2) is 4.54. The van der Waals surface area contributed by atoms with Gasteiger partial charge in [0.05, 0.1) is 28.7 Å². The fourth-order valence-corrected chi connectivity index (χ4v) is 4.14. The Hall–Kier alpha value is -2.47. The third kappa shape index (κ3) is 1.83. The number of rotatable bonds is 2. The van der Waals surface area contributed by atoms with Gasteiger partial charge in [0.2, 0.25) is 11.8 Å². The van der Waals surface area contributed by atoms with Crippen LogP contribution in [0.2, 0.25) is 0 Å². The van der Waals surface area contributed by atoms with E-state index in [-0.39, 0.29) is 11.8 Å². The zero-order chi connectivity index (χ0) is 17.3. The van der Waals surface area contributed by atoms with Gasteiger partial charge in [-0.15, -0.1) is 0 Å². The van der Waals surface area contributed by atoms with Gasteiger partial charge in [0.15, 0.2) is 0 Å². The number of esters is 1. The minimum Gasteiger partial charge on any atom is -0.427 e. The minimum absolute atomic E-state index is 0.277. The van der Waals surface area contributed by atoms with E-state index in [1.807, 2.05) is 26.0 Å². The average molecular weight is 327 g/mol. The maximum atomic E-state index is 13.0. The van der Waals surface area contributed by atoms with Gasteiger partial charge in [0, 0.05) is 13.0 Å². The highest BCUT2D eigenvalue weighted by Crippen LogP contribution is 2.57. The van der Waals surface area contributed by atoms with Crippen LogP contribution in [0.1, 0.15) is 20.8 Å². The third-order valence-electron chi connectivity index (χ3n) is 5.06. The van der Waals surface area contributed by atoms with Crippen LogP contribution in [0, 0.1) is 11.8 Å². The SMILES string of the molecule is CC(=O)Oc1cccc(N2C(=O)[C@@H]3[C@H](C2=O)[C@@]2(C)C=C[C@@]3(C)O2)c1. The number of hydrogen-bond donors (Lipinski definition) is 0. The van der Waals surface area contributed by atoms with E-state index in [1.165, 1.54) is 17.9 Å². The molecule has 4 atom stereocenters. The van der Waals surface area contributed by atoms with Crippen molar-refractivity contribution in [3.63, 3.8) is 0 Å². The highest BCUT2D eigenvalue weighted by atomic mass is 16.5. The molecular formula is C18H17NO5. The van der Waals surface area contributed by atoms with Crippen molar-refractivity contribution in [2.45, 2.75) is 32.0 Å². The number of anilines is 1. The maximum Gasteiger partial charge on any atom is 0.308 e. The van der Waals surface area contributed by atoms with Crippen LogP contribution < -0.4 is 9.64 Å². The van der Waals surface area contributed by atoms with Gasteiger partial charge in [0.25, 0.3) is 0 Å². The lowest BCUT2D eigenvalue weighted by molar-refractivity contribution is -0.132. The Balaban J connectivity index is 1.73. The maximum absolute atomic E-state index is 13.0. The summed E-state index contributed by atoms with van der Waals surface area (Å²) in [6.07, 6.45) is 3.75. The molecule has 2 fully saturated rings. The number of fused-ring (bicyclic) bond motifs is 5. The smallest absolute Gasteiger partial charge is 0.308 e. The van der Waals surface area contributed by atoms with E-state index >= 15 is 0 Å². The number of amides is 2. The summed E-state index contributed by atoms with van der Waals surface area (Å²) >= 11 is 0. The fraction of sp³-hybridized carbons (Fsp3) is 0.389. The van der Waals surface area contributed by atoms with Crippen molar-refractivity contribution in [3.05, 3.63) is 36.4 Å². The molecule has 4 rings (SSSR count). The molecule has 0 saturated carbocycles. The van der Waals surface area contributed by atoms with Crippen LogP contribution in [0.5, 0.6) is 5.75 Å². The molecule has 124 valence electrons. The van der Waals surface area contributed by atoms with Crippen LogP contribution in [0.15, 0.2) is 36.4 Å². The van der Waals surface area contributed by atoms with Gasteiger partial charge in [0.1, 0.15) is 5.75 Å². The molecule has 0 N–H and O–H groups in total. The Bertz CT molecular complexity index is 779. The Kier molecular flexibility index (Phi) is 2.85. The van der Waals surface area contributed by atoms with Gasteiger partial charge in [-0.05, 0) is 26.0 Å². The Morgan fingerprint density at radius 1 is 1.12 bits per heavy atom. The molecular weight excluding hydrogens is 310 g/mol. The average Bonchev–Trinajstić information content (AvgIpc) is 3.03. The van der Waals surface area contributed by atoms with Crippen molar-refractivity contribution < 1.29 is 23.9 Å². The van der Waals surface area contributed by atoms with Crippen molar-refractivity contribution >= 4 is 23.5 Å². The molecule has 0 aromatic heterocycles. The highest BCUT2D eigenvalue weighted by molar-refractivity contribution is 6.23. The zero-order valence-corrected chi connectivity index (χ0v) is 13.6. The second-order valence-corrected chi connectivity index (χ2v) is 6.86. The van der Waals surface area contributed by atoms with E-state index in [2.05, 4.69) is 0 Å². The van der Waals surface area contributed by atoms with Gasteiger partial charge >= 0.3 is 5.97 Å². The Labute approximate surface area is 139 Å². The molecule has 2 bridgehead atoms. The molecule has 3 aliphatic heterocycles. The molecule has 1 aromatic rings. The van der Waals surface area contributed by atoms with Crippen molar-refractivity contribution in [2.75, 3.05) is 4.90 Å². The first-order chi connectivity index (χ1) is 11.3. The van der Waals surface area contributed by atoms with E-state index in [4.69, 9.17) is 9.47 Å². The van der Waals surface area contributed by atoms with Crippen LogP contribution in [0.4, 0.5) is 5.69 Å². The molecule has 2 saturated heterocycles. The standard InChI is InChI=1S/C18H17NO5/c1-10(20)23-12-6-4-5-11(9-12)19-15(21)13-14(16(19)22)18(3)8-7-17(13,2)24-18/h4-9,13-14H,1-3H3/t13-,14+,17-,18-/m1/s1. The van der Waals surface area contributed by atoms with Crippen molar-refractivity contribution in [1.82, 2.24) is 0 Å². The van der Waals surface area contributed by atoms with E-state index in [0.717, 1.165) is 0 Å². The van der Waals surface area contributed by atoms with Gasteiger partial charge in [-0.3, -0.25) is 14.4 Å². The van der Waals surface area contributed by atoms with Crippen LogP contribution in [0.25, 0.3) is 0 Å². The third-order valence-corrected chi connectivity index (χ3v) is 5.06. The summed E-state index contributed by atoms with van der Waals surface area (Å²) in [5.74, 6) is -1.78. The fourth-order valence-electron chi connectivity index (χ4n) is 4.14. The van der Waals surface area contributed by atoms with Crippen LogP contribution in [0.3, 0.4) is 0 Å². The van der Waals surface area contributed by atoms with Gasteiger partial charge in [-0.25, -0.2) is 4.90 Å². The van der Waals surface area contributed by atoms with Crippen LogP contribution >= 0.6 is 0 Å². The highest BCUT2D eigenvalue weighted by Gasteiger charge is 2.70. The largest absolute Gasteiger partial charge is 0.427 e. The Morgan fingerprint density at radius 2 is 1.71 bits per heavy atom. The number of carbonyl (C=O) groups excluding carboxylic acids is 3. The van der Waals surface area contributed by atoms with Gasteiger partial charge < -0.3 is 9.47 Å². The Morgan fingerprint density at radius 3 is 2.25 bits per heavy atom. The first kappa shape index (κ1) is 15.1. The second-order valence-electron chi connectivity index (χ2n) is 6.86. The summed E-state index contributed by atoms with van der Waals surface area (Å²) < 4.78 is 11.0. The van der Waals surface area contributed by atoms with Crippen molar-refractivity contribution in [2.24, 2.45) is 11.8 Å². The van der Waals surface area contributed by atoms with E-state index < -0.39 is 29.0 Å². The van der Waals surface area contributed by atoms with Crippen molar-refractivity contribution in [1.29, 1.82) is 0 Å². The van der Waals surface area contributed by atoms with Gasteiger partial charge in [-0.2, -0.15) is 0 Å². The summed E-state index contributed by atoms with van der Waals surface area (Å²) in [5, 5.41) is 0. The first-order valence-corrected chi connectivity index (χ1v) is 7.82. The quantitative estimate of drug-likeness (QED) is 0.359. The molecule has 1 aromatic carbocycles. The van der Waals surface area contributed by atoms with E-state index in [1.54, 1.807) is 18.2 Å². The molecule has 6 nitrogen and oxygen atoms in total. The summed E-state index contributed by atoms with van der Waals surface area (Å²) in [5.41, 5.74) is -1.10. The molecule has 6 heteroatoms. The normalized spacial score (nSPS) is 36.4. The number of hydrogen-bond acceptors (Lipinski definition) is 5. The summed E-state index contributed by atoms with van der Waals surface area (Å²) in [4.78, 5) is 38.2. The molecule has 0 aliphatic carbocycles. The van der Waals surface area contributed by atoms with Gasteiger partial charge in [-0.1, -0.05) is 18.2 Å². The molecule has 24 heavy (non-hydrogen) atoms. The van der Waals surface area contributed by atoms with Crippen molar-refractivity contribution in [3.8, 4) is 5.75 Å². The molecule has 0 spiro atoms. The molecule has 2 amide bonds.